The van der Waals surface area contributed by atoms with Crippen molar-refractivity contribution in [2.24, 2.45) is 0 Å². The fourth-order valence-electron chi connectivity index (χ4n) is 0.0796. The maximum atomic E-state index is 4.96. The van der Waals surface area contributed by atoms with E-state index < -0.39 is 6.46 Å². The normalized spacial score (nSPS) is 11.8. The van der Waals surface area contributed by atoms with Gasteiger partial charge in [0.05, 0.1) is 6.46 Å². The van der Waals surface area contributed by atoms with E-state index in [0.717, 1.165) is 0 Å². The van der Waals surface area contributed by atoms with Crippen LogP contribution in [0.15, 0.2) is 0 Å². The maximum Gasteiger partial charge on any atom is 0.129 e. The van der Waals surface area contributed by atoms with Gasteiger partial charge in [0.15, 0.2) is 0 Å². The highest BCUT2D eigenvalue weighted by atomic mass is 127. The third-order valence-corrected chi connectivity index (χ3v) is 19.1. The van der Waals surface area contributed by atoms with Crippen LogP contribution >= 0.6 is 83.8 Å². The quantitative estimate of drug-likeness (QED) is 0.282. The Kier molecular flexibility index (Phi) is 11.7. The summed E-state index contributed by atoms with van der Waals surface area (Å²) >= 11 is 15.6. The zero-order valence-corrected chi connectivity index (χ0v) is 14.1. The van der Waals surface area contributed by atoms with Crippen LogP contribution in [-0.4, -0.2) is 0 Å². The van der Waals surface area contributed by atoms with Gasteiger partial charge in [0, 0.05) is 29.5 Å². The molecular formula is HIOS9. The second-order valence-electron chi connectivity index (χ2n) is 0.818. The van der Waals surface area contributed by atoms with Crippen molar-refractivity contribution in [1.29, 1.82) is 0 Å². The van der Waals surface area contributed by atoms with E-state index in [4.69, 9.17) is 24.9 Å². The Morgan fingerprint density at radius 1 is 1.27 bits per heavy atom. The molecule has 0 spiro atoms. The monoisotopic (exact) mass is 432 g/mol. The zero-order valence-electron chi connectivity index (χ0n) is 4.50. The van der Waals surface area contributed by atoms with Gasteiger partial charge in [0.25, 0.3) is 0 Å². The molecule has 0 fully saturated rings. The zero-order chi connectivity index (χ0) is 8.74. The third kappa shape index (κ3) is 9.87. The van der Waals surface area contributed by atoms with Crippen LogP contribution < -0.4 is 0 Å². The standard InChI is InChI=1S/HIOS9/c1-2-11(4,5)10-9-8-7-6-3/h3H. The van der Waals surface area contributed by atoms with Crippen LogP contribution in [-0.2, 0) is 31.3 Å². The van der Waals surface area contributed by atoms with Gasteiger partial charge in [-0.05, 0) is 42.0 Å². The molecular weight excluding hydrogens is 432 g/mol. The first-order valence-corrected chi connectivity index (χ1v) is 13.7. The molecule has 0 atom stereocenters. The van der Waals surface area contributed by atoms with E-state index in [9.17, 15) is 0 Å². The second-order valence-corrected chi connectivity index (χ2v) is 18.0. The van der Waals surface area contributed by atoms with Gasteiger partial charge in [-0.2, -0.15) is 0 Å². The van der Waals surface area contributed by atoms with E-state index in [1.54, 1.807) is 42.7 Å². The van der Waals surface area contributed by atoms with E-state index in [2.05, 4.69) is 11.7 Å². The van der Waals surface area contributed by atoms with Crippen molar-refractivity contribution >= 4 is 113 Å². The van der Waals surface area contributed by atoms with E-state index in [-0.39, 0.29) is 0 Å². The summed E-state index contributed by atoms with van der Waals surface area (Å²) in [4.78, 5) is 0. The molecule has 0 saturated heterocycles. The summed E-state index contributed by atoms with van der Waals surface area (Å²) in [7, 11) is 7.49. The number of halogens is 1. The van der Waals surface area contributed by atoms with Crippen molar-refractivity contribution in [1.82, 2.24) is 0 Å². The largest absolute Gasteiger partial charge is 0.231 e. The number of hydrogen-bond acceptors (Lipinski definition) is 9. The van der Waals surface area contributed by atoms with Crippen LogP contribution in [0.25, 0.3) is 0 Å². The first-order valence-electron chi connectivity index (χ1n) is 1.67. The minimum absolute atomic E-state index is 1.40. The molecule has 0 radical (unpaired) electrons. The lowest BCUT2D eigenvalue weighted by Crippen LogP contribution is -1.80. The Bertz CT molecular complexity index is 168. The molecule has 0 aliphatic rings. The van der Waals surface area contributed by atoms with Crippen molar-refractivity contribution in [2.75, 3.05) is 0 Å². The molecule has 0 rings (SSSR count). The predicted molar refractivity (Wildman–Crippen MR) is 84.1 cm³/mol. The molecule has 0 aromatic carbocycles. The van der Waals surface area contributed by atoms with E-state index in [0.29, 0.717) is 0 Å². The Morgan fingerprint density at radius 2 is 1.91 bits per heavy atom. The highest BCUT2D eigenvalue weighted by Gasteiger charge is 2.02. The minimum Gasteiger partial charge on any atom is -0.231 e. The molecule has 0 aromatic rings. The summed E-state index contributed by atoms with van der Waals surface area (Å²) in [5.74, 6) is 0. The molecule has 0 aliphatic carbocycles. The van der Waals surface area contributed by atoms with Crippen LogP contribution in [0.3, 0.4) is 0 Å². The average Bonchev–Trinajstić information content (AvgIpc) is 1.99. The summed E-state index contributed by atoms with van der Waals surface area (Å²) in [6, 6.07) is 0. The number of hydrogen-bond donors (Lipinski definition) is 1. The third-order valence-electron chi connectivity index (χ3n) is 0.274. The van der Waals surface area contributed by atoms with Gasteiger partial charge in [-0.15, -0.1) is 0 Å². The van der Waals surface area contributed by atoms with Gasteiger partial charge in [-0.3, -0.25) is 0 Å². The Hall–Kier alpha value is 3.58. The molecule has 1 nitrogen and oxygen atoms in total. The summed E-state index contributed by atoms with van der Waals surface area (Å²) in [5.41, 5.74) is 0. The van der Waals surface area contributed by atoms with Crippen LogP contribution in [0, 0.1) is 0 Å². The predicted octanol–water partition coefficient (Wildman–Crippen LogP) is 4.43. The molecule has 68 valence electrons. The Balaban J connectivity index is 3.39. The highest BCUT2D eigenvalue weighted by molar-refractivity contribution is 14.1. The van der Waals surface area contributed by atoms with Crippen molar-refractivity contribution in [3.05, 3.63) is 0 Å². The maximum absolute atomic E-state index is 4.96. The molecule has 0 heterocycles. The summed E-state index contributed by atoms with van der Waals surface area (Å²) in [6.45, 7) is -1.74. The van der Waals surface area contributed by atoms with Gasteiger partial charge >= 0.3 is 0 Å². The Labute approximate surface area is 113 Å². The van der Waals surface area contributed by atoms with Crippen molar-refractivity contribution < 1.29 is 2.51 Å². The molecule has 0 N–H and O–H groups in total. The lowest BCUT2D eigenvalue weighted by Gasteiger charge is -2.00. The van der Waals surface area contributed by atoms with Crippen molar-refractivity contribution in [2.45, 2.75) is 0 Å². The first kappa shape index (κ1) is 14.6. The molecule has 0 saturated carbocycles. The van der Waals surface area contributed by atoms with Crippen LogP contribution in [0.4, 0.5) is 0 Å². The molecule has 0 bridgehead atoms. The highest BCUT2D eigenvalue weighted by Crippen LogP contribution is 2.51. The van der Waals surface area contributed by atoms with Gasteiger partial charge in [0.1, 0.15) is 23.0 Å². The lowest BCUT2D eigenvalue weighted by atomic mass is 15.9. The topological polar surface area (TPSA) is 9.23 Å². The minimum atomic E-state index is -1.74. The Morgan fingerprint density at radius 3 is 2.36 bits per heavy atom. The summed E-state index contributed by atoms with van der Waals surface area (Å²) in [5, 5.41) is 0. The molecule has 0 unspecified atom stereocenters. The first-order chi connectivity index (χ1) is 5.12. The van der Waals surface area contributed by atoms with Crippen LogP contribution in [0.2, 0.25) is 0 Å². The number of rotatable bonds is 6. The van der Waals surface area contributed by atoms with Crippen LogP contribution in [0.1, 0.15) is 0 Å². The van der Waals surface area contributed by atoms with Crippen molar-refractivity contribution in [3.8, 4) is 0 Å². The molecule has 11 heavy (non-hydrogen) atoms. The lowest BCUT2D eigenvalue weighted by molar-refractivity contribution is 0.848. The molecule has 0 aromatic heterocycles. The second kappa shape index (κ2) is 8.85. The molecule has 0 aliphatic heterocycles. The van der Waals surface area contributed by atoms with E-state index in [1.165, 1.54) is 29.5 Å². The molecule has 0 amide bonds. The number of thiol groups is 1. The van der Waals surface area contributed by atoms with Gasteiger partial charge < -0.3 is 0 Å². The van der Waals surface area contributed by atoms with Crippen molar-refractivity contribution in [3.63, 3.8) is 0 Å². The summed E-state index contributed by atoms with van der Waals surface area (Å²) in [6.07, 6.45) is 0. The van der Waals surface area contributed by atoms with E-state index >= 15 is 0 Å². The molecule has 11 heteroatoms. The van der Waals surface area contributed by atoms with Gasteiger partial charge in [-0.25, -0.2) is 2.51 Å². The smallest absolute Gasteiger partial charge is 0.129 e. The van der Waals surface area contributed by atoms with Gasteiger partial charge in [0.2, 0.25) is 0 Å². The van der Waals surface area contributed by atoms with E-state index in [1.807, 2.05) is 0 Å². The SMILES string of the molecule is S=S(=S)(OI)SSSSSS. The average molecular weight is 433 g/mol. The van der Waals surface area contributed by atoms with Crippen LogP contribution in [0.5, 0.6) is 0 Å². The fraction of sp³-hybridized carbons (Fsp3) is 0. The summed E-state index contributed by atoms with van der Waals surface area (Å²) < 4.78 is 4.89. The van der Waals surface area contributed by atoms with Gasteiger partial charge in [-0.1, -0.05) is 11.7 Å². The fourth-order valence-corrected chi connectivity index (χ4v) is 16.9.